The fourth-order valence-corrected chi connectivity index (χ4v) is 4.33. The number of piperazine rings is 1. The molecule has 0 aliphatic carbocycles. The molecule has 0 spiro atoms. The van der Waals surface area contributed by atoms with E-state index in [2.05, 4.69) is 4.90 Å². The maximum absolute atomic E-state index is 14.0. The van der Waals surface area contributed by atoms with Gasteiger partial charge >= 0.3 is 5.97 Å². The van der Waals surface area contributed by atoms with Crippen molar-refractivity contribution in [2.75, 3.05) is 31.1 Å². The van der Waals surface area contributed by atoms with E-state index < -0.39 is 11.8 Å². The highest BCUT2D eigenvalue weighted by molar-refractivity contribution is 6.30. The van der Waals surface area contributed by atoms with Crippen LogP contribution in [0, 0.1) is 12.7 Å². The second-order valence-corrected chi connectivity index (χ2v) is 8.17. The zero-order valence-electron chi connectivity index (χ0n) is 17.1. The SMILES string of the molecule is Cc1c(CC(=O)O)cc2ccc(F)cc2c1C(=O)N1CCN(c2cccc(Cl)c2)CC1. The monoisotopic (exact) mass is 440 g/mol. The molecule has 1 amide bonds. The molecule has 5 nitrogen and oxygen atoms in total. The number of carboxylic acid groups (broad SMARTS) is 1. The first-order valence-corrected chi connectivity index (χ1v) is 10.4. The van der Waals surface area contributed by atoms with Gasteiger partial charge < -0.3 is 14.9 Å². The van der Waals surface area contributed by atoms with Gasteiger partial charge in [-0.3, -0.25) is 9.59 Å². The van der Waals surface area contributed by atoms with Gasteiger partial charge in [-0.25, -0.2) is 4.39 Å². The van der Waals surface area contributed by atoms with Crippen LogP contribution in [0.1, 0.15) is 21.5 Å². The number of hydrogen-bond donors (Lipinski definition) is 1. The number of carbonyl (C=O) groups excluding carboxylic acids is 1. The maximum atomic E-state index is 14.0. The Labute approximate surface area is 184 Å². The molecule has 1 fully saturated rings. The minimum Gasteiger partial charge on any atom is -0.481 e. The lowest BCUT2D eigenvalue weighted by atomic mass is 9.92. The predicted octanol–water partition coefficient (Wildman–Crippen LogP) is 4.53. The quantitative estimate of drug-likeness (QED) is 0.647. The highest BCUT2D eigenvalue weighted by Crippen LogP contribution is 2.29. The van der Waals surface area contributed by atoms with E-state index in [1.54, 1.807) is 24.0 Å². The summed E-state index contributed by atoms with van der Waals surface area (Å²) >= 11 is 6.10. The molecule has 0 radical (unpaired) electrons. The first kappa shape index (κ1) is 21.1. The van der Waals surface area contributed by atoms with E-state index in [0.29, 0.717) is 58.7 Å². The Morgan fingerprint density at radius 1 is 1.06 bits per heavy atom. The molecular weight excluding hydrogens is 419 g/mol. The highest BCUT2D eigenvalue weighted by atomic mass is 35.5. The van der Waals surface area contributed by atoms with Gasteiger partial charge in [0, 0.05) is 36.9 Å². The number of amides is 1. The Kier molecular flexibility index (Phi) is 5.83. The van der Waals surface area contributed by atoms with Gasteiger partial charge in [-0.1, -0.05) is 29.8 Å². The smallest absolute Gasteiger partial charge is 0.307 e. The molecule has 1 N–H and O–H groups in total. The van der Waals surface area contributed by atoms with E-state index in [9.17, 15) is 19.1 Å². The summed E-state index contributed by atoms with van der Waals surface area (Å²) in [6.45, 7) is 4.03. The lowest BCUT2D eigenvalue weighted by Gasteiger charge is -2.36. The Hall–Kier alpha value is -3.12. The lowest BCUT2D eigenvalue weighted by Crippen LogP contribution is -2.49. The van der Waals surface area contributed by atoms with Gasteiger partial charge in [-0.15, -0.1) is 0 Å². The van der Waals surface area contributed by atoms with Gasteiger partial charge in [-0.05, 0) is 59.2 Å². The largest absolute Gasteiger partial charge is 0.481 e. The first-order valence-electron chi connectivity index (χ1n) is 10.1. The third-order valence-corrected chi connectivity index (χ3v) is 6.00. The molecule has 3 aromatic carbocycles. The van der Waals surface area contributed by atoms with Crippen molar-refractivity contribution < 1.29 is 19.1 Å². The lowest BCUT2D eigenvalue weighted by molar-refractivity contribution is -0.136. The number of nitrogens with zero attached hydrogens (tertiary/aromatic N) is 2. The Morgan fingerprint density at radius 2 is 1.81 bits per heavy atom. The Balaban J connectivity index is 1.65. The number of fused-ring (bicyclic) bond motifs is 1. The van der Waals surface area contributed by atoms with Crippen molar-refractivity contribution in [3.05, 3.63) is 76.1 Å². The molecule has 3 aromatic rings. The van der Waals surface area contributed by atoms with Gasteiger partial charge in [0.15, 0.2) is 0 Å². The van der Waals surface area contributed by atoms with Crippen LogP contribution in [0.2, 0.25) is 5.02 Å². The van der Waals surface area contributed by atoms with Crippen LogP contribution < -0.4 is 4.90 Å². The summed E-state index contributed by atoms with van der Waals surface area (Å²) in [7, 11) is 0. The van der Waals surface area contributed by atoms with Gasteiger partial charge in [0.2, 0.25) is 0 Å². The molecule has 0 unspecified atom stereocenters. The average molecular weight is 441 g/mol. The van der Waals surface area contributed by atoms with Crippen LogP contribution in [0.15, 0.2) is 48.5 Å². The minimum absolute atomic E-state index is 0.192. The third-order valence-electron chi connectivity index (χ3n) is 5.77. The van der Waals surface area contributed by atoms with Crippen LogP contribution in [0.3, 0.4) is 0 Å². The zero-order chi connectivity index (χ0) is 22.1. The predicted molar refractivity (Wildman–Crippen MR) is 120 cm³/mol. The normalized spacial score (nSPS) is 14.2. The van der Waals surface area contributed by atoms with E-state index in [1.807, 2.05) is 24.3 Å². The van der Waals surface area contributed by atoms with Crippen LogP contribution in [0.25, 0.3) is 10.8 Å². The Morgan fingerprint density at radius 3 is 2.48 bits per heavy atom. The van der Waals surface area contributed by atoms with Crippen LogP contribution in [-0.4, -0.2) is 48.1 Å². The van der Waals surface area contributed by atoms with Gasteiger partial charge in [0.25, 0.3) is 5.91 Å². The van der Waals surface area contributed by atoms with Crippen molar-refractivity contribution in [3.8, 4) is 0 Å². The number of hydrogen-bond acceptors (Lipinski definition) is 3. The van der Waals surface area contributed by atoms with E-state index in [0.717, 1.165) is 5.69 Å². The van der Waals surface area contributed by atoms with Crippen molar-refractivity contribution >= 4 is 39.9 Å². The number of aliphatic carboxylic acids is 1. The van der Waals surface area contributed by atoms with E-state index >= 15 is 0 Å². The molecule has 1 saturated heterocycles. The Bertz CT molecular complexity index is 1170. The number of rotatable bonds is 4. The topological polar surface area (TPSA) is 60.9 Å². The minimum atomic E-state index is -0.974. The molecule has 7 heteroatoms. The summed E-state index contributed by atoms with van der Waals surface area (Å²) in [6.07, 6.45) is -0.192. The van der Waals surface area contributed by atoms with E-state index in [1.165, 1.54) is 12.1 Å². The molecule has 1 aliphatic heterocycles. The van der Waals surface area contributed by atoms with Crippen molar-refractivity contribution in [1.82, 2.24) is 4.90 Å². The maximum Gasteiger partial charge on any atom is 0.307 e. The van der Waals surface area contributed by atoms with Gasteiger partial charge in [-0.2, -0.15) is 0 Å². The summed E-state index contributed by atoms with van der Waals surface area (Å²) < 4.78 is 14.0. The standard InChI is InChI=1S/C24H22ClFN2O3/c1-15-17(12-22(29)30)11-16-5-6-19(26)14-21(16)23(15)24(31)28-9-7-27(8-10-28)20-4-2-3-18(25)13-20/h2-6,11,13-14H,7-10,12H2,1H3,(H,29,30). The van der Waals surface area contributed by atoms with Crippen molar-refractivity contribution in [2.24, 2.45) is 0 Å². The first-order chi connectivity index (χ1) is 14.8. The molecule has 1 heterocycles. The zero-order valence-corrected chi connectivity index (χ0v) is 17.8. The van der Waals surface area contributed by atoms with Crippen LogP contribution in [0.5, 0.6) is 0 Å². The van der Waals surface area contributed by atoms with Gasteiger partial charge in [0.05, 0.1) is 12.0 Å². The van der Waals surface area contributed by atoms with Crippen molar-refractivity contribution in [3.63, 3.8) is 0 Å². The molecule has 0 aromatic heterocycles. The number of carbonyl (C=O) groups is 2. The fraction of sp³-hybridized carbons (Fsp3) is 0.250. The molecule has 4 rings (SSSR count). The molecule has 31 heavy (non-hydrogen) atoms. The highest BCUT2D eigenvalue weighted by Gasteiger charge is 2.26. The summed E-state index contributed by atoms with van der Waals surface area (Å²) in [5.41, 5.74) is 2.53. The fourth-order valence-electron chi connectivity index (χ4n) is 4.15. The van der Waals surface area contributed by atoms with Crippen LogP contribution in [-0.2, 0) is 11.2 Å². The molecule has 0 saturated carbocycles. The van der Waals surface area contributed by atoms with Crippen molar-refractivity contribution in [2.45, 2.75) is 13.3 Å². The molecule has 0 atom stereocenters. The summed E-state index contributed by atoms with van der Waals surface area (Å²) in [4.78, 5) is 28.7. The summed E-state index contributed by atoms with van der Waals surface area (Å²) in [5, 5.41) is 11.1. The second-order valence-electron chi connectivity index (χ2n) is 7.73. The summed E-state index contributed by atoms with van der Waals surface area (Å²) in [6, 6.07) is 13.6. The number of carboxylic acids is 1. The average Bonchev–Trinajstić information content (AvgIpc) is 2.74. The number of anilines is 1. The van der Waals surface area contributed by atoms with Crippen LogP contribution >= 0.6 is 11.6 Å². The van der Waals surface area contributed by atoms with E-state index in [-0.39, 0.29) is 12.3 Å². The van der Waals surface area contributed by atoms with Gasteiger partial charge in [0.1, 0.15) is 5.82 Å². The second kappa shape index (κ2) is 8.55. The molecular formula is C24H22ClFN2O3. The van der Waals surface area contributed by atoms with Crippen LogP contribution in [0.4, 0.5) is 10.1 Å². The number of benzene rings is 3. The summed E-state index contributed by atoms with van der Waals surface area (Å²) in [5.74, 6) is -1.61. The van der Waals surface area contributed by atoms with Crippen molar-refractivity contribution in [1.29, 1.82) is 0 Å². The molecule has 160 valence electrons. The number of halogens is 2. The molecule has 1 aliphatic rings. The molecule has 0 bridgehead atoms. The van der Waals surface area contributed by atoms with E-state index in [4.69, 9.17) is 11.6 Å². The third kappa shape index (κ3) is 4.35.